The van der Waals surface area contributed by atoms with Crippen LogP contribution in [0.25, 0.3) is 0 Å². The maximum Gasteiger partial charge on any atom is 0.275 e. The summed E-state index contributed by atoms with van der Waals surface area (Å²) in [7, 11) is 1.52. The van der Waals surface area contributed by atoms with E-state index in [9.17, 15) is 9.90 Å². The molecule has 6 heteroatoms. The fourth-order valence-electron chi connectivity index (χ4n) is 2.96. The zero-order valence-corrected chi connectivity index (χ0v) is 19.6. The maximum atomic E-state index is 12.5. The highest BCUT2D eigenvalue weighted by molar-refractivity contribution is 9.10. The molecule has 0 heterocycles. The van der Waals surface area contributed by atoms with Gasteiger partial charge in [-0.2, -0.15) is 5.10 Å². The Kier molecular flexibility index (Phi) is 6.78. The molecule has 0 atom stereocenters. The molecule has 156 valence electrons. The lowest BCUT2D eigenvalue weighted by Gasteiger charge is -2.27. The third-order valence-corrected chi connectivity index (χ3v) is 5.03. The quantitative estimate of drug-likeness (QED) is 0.465. The molecule has 2 aromatic rings. The summed E-state index contributed by atoms with van der Waals surface area (Å²) < 4.78 is 6.02. The van der Waals surface area contributed by atoms with Crippen LogP contribution in [0, 0.1) is 0 Å². The highest BCUT2D eigenvalue weighted by Gasteiger charge is 2.26. The number of phenols is 1. The number of aromatic hydroxyl groups is 1. The van der Waals surface area contributed by atoms with Gasteiger partial charge in [0.15, 0.2) is 0 Å². The number of rotatable bonds is 4. The molecule has 0 fully saturated rings. The van der Waals surface area contributed by atoms with Gasteiger partial charge in [-0.3, -0.25) is 4.79 Å². The van der Waals surface area contributed by atoms with Gasteiger partial charge in [-0.15, -0.1) is 0 Å². The van der Waals surface area contributed by atoms with Gasteiger partial charge in [-0.1, -0.05) is 57.5 Å². The molecule has 0 radical (unpaired) electrons. The van der Waals surface area contributed by atoms with E-state index >= 15 is 0 Å². The molecule has 0 spiro atoms. The van der Waals surface area contributed by atoms with E-state index in [2.05, 4.69) is 68.0 Å². The van der Waals surface area contributed by atoms with Crippen LogP contribution in [0.15, 0.2) is 39.9 Å². The van der Waals surface area contributed by atoms with Gasteiger partial charge in [0.25, 0.3) is 5.91 Å². The Balaban J connectivity index is 2.35. The number of halogens is 1. The van der Waals surface area contributed by atoms with E-state index in [1.807, 2.05) is 12.1 Å². The van der Waals surface area contributed by atoms with Crippen molar-refractivity contribution < 1.29 is 14.6 Å². The topological polar surface area (TPSA) is 70.9 Å². The average molecular weight is 461 g/mol. The third kappa shape index (κ3) is 5.60. The molecular formula is C23H29BrN2O3. The summed E-state index contributed by atoms with van der Waals surface area (Å²) in [5.41, 5.74) is 4.95. The average Bonchev–Trinajstić information content (AvgIpc) is 2.60. The molecule has 2 N–H and O–H groups in total. The standard InChI is InChI=1S/C23H29BrN2O3/c1-22(2,3)17-10-14(11-18(20(17)27)23(4,5)6)13-25-26-21(28)16-12-15(24)8-9-19(16)29-7/h8-13,27H,1-7H3,(H,26,28)/b25-13-. The molecule has 0 saturated carbocycles. The van der Waals surface area contributed by atoms with Crippen LogP contribution in [-0.4, -0.2) is 24.3 Å². The molecule has 0 aliphatic heterocycles. The predicted octanol–water partition coefficient (Wildman–Crippen LogP) is 5.52. The first-order valence-corrected chi connectivity index (χ1v) is 10.2. The molecule has 0 saturated heterocycles. The minimum absolute atomic E-state index is 0.235. The van der Waals surface area contributed by atoms with Crippen LogP contribution >= 0.6 is 15.9 Å². The van der Waals surface area contributed by atoms with Gasteiger partial charge in [0.05, 0.1) is 18.9 Å². The molecule has 29 heavy (non-hydrogen) atoms. The van der Waals surface area contributed by atoms with Crippen molar-refractivity contribution >= 4 is 28.1 Å². The zero-order valence-electron chi connectivity index (χ0n) is 18.1. The van der Waals surface area contributed by atoms with E-state index in [-0.39, 0.29) is 16.7 Å². The van der Waals surface area contributed by atoms with Gasteiger partial charge >= 0.3 is 0 Å². The Hall–Kier alpha value is -2.34. The Morgan fingerprint density at radius 3 is 2.10 bits per heavy atom. The lowest BCUT2D eigenvalue weighted by Crippen LogP contribution is -2.19. The van der Waals surface area contributed by atoms with Crippen LogP contribution in [0.4, 0.5) is 0 Å². The highest BCUT2D eigenvalue weighted by Crippen LogP contribution is 2.39. The minimum Gasteiger partial charge on any atom is -0.507 e. The Labute approximate surface area is 181 Å². The number of nitrogens with zero attached hydrogens (tertiary/aromatic N) is 1. The molecule has 0 aliphatic rings. The molecule has 0 aromatic heterocycles. The molecular weight excluding hydrogens is 432 g/mol. The van der Waals surface area contributed by atoms with Crippen molar-refractivity contribution in [2.24, 2.45) is 5.10 Å². The van der Waals surface area contributed by atoms with E-state index in [0.29, 0.717) is 17.1 Å². The van der Waals surface area contributed by atoms with Crippen molar-refractivity contribution in [1.82, 2.24) is 5.43 Å². The summed E-state index contributed by atoms with van der Waals surface area (Å²) >= 11 is 3.36. The fourth-order valence-corrected chi connectivity index (χ4v) is 3.32. The van der Waals surface area contributed by atoms with E-state index in [1.54, 1.807) is 24.4 Å². The number of carbonyl (C=O) groups excluding carboxylic acids is 1. The van der Waals surface area contributed by atoms with Gasteiger partial charge in [0.1, 0.15) is 11.5 Å². The van der Waals surface area contributed by atoms with Gasteiger partial charge < -0.3 is 9.84 Å². The lowest BCUT2D eigenvalue weighted by atomic mass is 9.78. The first-order chi connectivity index (χ1) is 13.3. The van der Waals surface area contributed by atoms with Crippen LogP contribution < -0.4 is 10.2 Å². The molecule has 1 amide bonds. The zero-order chi connectivity index (χ0) is 22.0. The third-order valence-electron chi connectivity index (χ3n) is 4.53. The molecule has 0 unspecified atom stereocenters. The van der Waals surface area contributed by atoms with Crippen molar-refractivity contribution in [3.8, 4) is 11.5 Å². The molecule has 5 nitrogen and oxygen atoms in total. The Bertz CT molecular complexity index is 903. The van der Waals surface area contributed by atoms with E-state index in [4.69, 9.17) is 4.74 Å². The van der Waals surface area contributed by atoms with Crippen LogP contribution in [0.3, 0.4) is 0 Å². The molecule has 0 bridgehead atoms. The van der Waals surface area contributed by atoms with Crippen LogP contribution in [0.5, 0.6) is 11.5 Å². The lowest BCUT2D eigenvalue weighted by molar-refractivity contribution is 0.0952. The number of carbonyl (C=O) groups is 1. The predicted molar refractivity (Wildman–Crippen MR) is 121 cm³/mol. The second-order valence-corrected chi connectivity index (χ2v) is 9.92. The number of amides is 1. The summed E-state index contributed by atoms with van der Waals surface area (Å²) in [4.78, 5) is 12.5. The van der Waals surface area contributed by atoms with Crippen molar-refractivity contribution in [3.05, 3.63) is 57.1 Å². The number of hydrogen-bond acceptors (Lipinski definition) is 4. The molecule has 0 aliphatic carbocycles. The Morgan fingerprint density at radius 1 is 1.07 bits per heavy atom. The van der Waals surface area contributed by atoms with E-state index in [1.165, 1.54) is 7.11 Å². The largest absolute Gasteiger partial charge is 0.507 e. The monoisotopic (exact) mass is 460 g/mol. The number of hydrazone groups is 1. The first-order valence-electron chi connectivity index (χ1n) is 9.39. The number of ether oxygens (including phenoxy) is 1. The van der Waals surface area contributed by atoms with Crippen molar-refractivity contribution in [2.45, 2.75) is 52.4 Å². The Morgan fingerprint density at radius 2 is 1.62 bits per heavy atom. The number of benzene rings is 2. The summed E-state index contributed by atoms with van der Waals surface area (Å²) in [5, 5.41) is 14.9. The highest BCUT2D eigenvalue weighted by atomic mass is 79.9. The number of phenolic OH excluding ortho intramolecular Hbond substituents is 1. The van der Waals surface area contributed by atoms with Gasteiger partial charge in [0.2, 0.25) is 0 Å². The number of methoxy groups -OCH3 is 1. The second-order valence-electron chi connectivity index (χ2n) is 9.01. The maximum absolute atomic E-state index is 12.5. The number of hydrogen-bond donors (Lipinski definition) is 2. The van der Waals surface area contributed by atoms with Crippen LogP contribution in [0.1, 0.15) is 68.6 Å². The fraction of sp³-hybridized carbons (Fsp3) is 0.391. The van der Waals surface area contributed by atoms with E-state index in [0.717, 1.165) is 21.2 Å². The van der Waals surface area contributed by atoms with Crippen molar-refractivity contribution in [2.75, 3.05) is 7.11 Å². The second kappa shape index (κ2) is 8.57. The van der Waals surface area contributed by atoms with Gasteiger partial charge in [-0.25, -0.2) is 5.43 Å². The normalized spacial score (nSPS) is 12.3. The van der Waals surface area contributed by atoms with Gasteiger partial charge in [-0.05, 0) is 46.7 Å². The first kappa shape index (κ1) is 22.9. The van der Waals surface area contributed by atoms with Crippen LogP contribution in [0.2, 0.25) is 0 Å². The van der Waals surface area contributed by atoms with Crippen molar-refractivity contribution in [1.29, 1.82) is 0 Å². The molecule has 2 aromatic carbocycles. The molecule has 2 rings (SSSR count). The summed E-state index contributed by atoms with van der Waals surface area (Å²) in [6.45, 7) is 12.3. The summed E-state index contributed by atoms with van der Waals surface area (Å²) in [6.07, 6.45) is 1.59. The summed E-state index contributed by atoms with van der Waals surface area (Å²) in [5.74, 6) is 0.408. The SMILES string of the molecule is COc1ccc(Br)cc1C(=O)N/N=C\c1cc(C(C)(C)C)c(O)c(C(C)(C)C)c1. The number of nitrogens with one attached hydrogen (secondary N) is 1. The van der Waals surface area contributed by atoms with E-state index < -0.39 is 0 Å². The van der Waals surface area contributed by atoms with Crippen molar-refractivity contribution in [3.63, 3.8) is 0 Å². The summed E-state index contributed by atoms with van der Waals surface area (Å²) in [6, 6.07) is 9.00. The van der Waals surface area contributed by atoms with Gasteiger partial charge in [0, 0.05) is 15.6 Å². The van der Waals surface area contributed by atoms with Crippen LogP contribution in [-0.2, 0) is 10.8 Å². The smallest absolute Gasteiger partial charge is 0.275 e. The minimum atomic E-state index is -0.370.